The third kappa shape index (κ3) is 5.35. The predicted molar refractivity (Wildman–Crippen MR) is 95.3 cm³/mol. The summed E-state index contributed by atoms with van der Waals surface area (Å²) in [5, 5.41) is 0. The van der Waals surface area contributed by atoms with Gasteiger partial charge in [0.1, 0.15) is 17.5 Å². The molecule has 0 unspecified atom stereocenters. The van der Waals surface area contributed by atoms with Gasteiger partial charge in [0.25, 0.3) is 0 Å². The Morgan fingerprint density at radius 2 is 1.79 bits per heavy atom. The van der Waals surface area contributed by atoms with Gasteiger partial charge in [0.05, 0.1) is 7.11 Å². The molecule has 5 nitrogen and oxygen atoms in total. The molecule has 0 aliphatic heterocycles. The van der Waals surface area contributed by atoms with Crippen LogP contribution in [-0.2, 0) is 16.0 Å². The summed E-state index contributed by atoms with van der Waals surface area (Å²) >= 11 is 0. The van der Waals surface area contributed by atoms with Gasteiger partial charge in [-0.2, -0.15) is 0 Å². The molecule has 0 saturated carbocycles. The first-order valence-electron chi connectivity index (χ1n) is 8.03. The number of ether oxygens (including phenoxy) is 2. The largest absolute Gasteiger partial charge is 0.468 e. The molecule has 1 aromatic carbocycles. The first kappa shape index (κ1) is 19.6. The molecular formula is C19H26N2O3. The molecule has 24 heavy (non-hydrogen) atoms. The van der Waals surface area contributed by atoms with Crippen molar-refractivity contribution < 1.29 is 14.3 Å². The molecule has 2 N–H and O–H groups in total. The Hall–Kier alpha value is -2.40. The van der Waals surface area contributed by atoms with E-state index < -0.39 is 12.0 Å². The summed E-state index contributed by atoms with van der Waals surface area (Å²) in [5.41, 5.74) is 8.65. The minimum Gasteiger partial charge on any atom is -0.468 e. The van der Waals surface area contributed by atoms with Crippen molar-refractivity contribution in [2.45, 2.75) is 40.2 Å². The maximum Gasteiger partial charge on any atom is 0.322 e. The van der Waals surface area contributed by atoms with Crippen molar-refractivity contribution in [3.8, 4) is 11.5 Å². The molecule has 2 rings (SSSR count). The second kappa shape index (κ2) is 9.67. The number of carbonyl (C=O) groups is 1. The van der Waals surface area contributed by atoms with E-state index >= 15 is 0 Å². The molecule has 2 aromatic rings. The highest BCUT2D eigenvalue weighted by Crippen LogP contribution is 2.26. The molecule has 5 heteroatoms. The van der Waals surface area contributed by atoms with E-state index in [2.05, 4.69) is 9.72 Å². The van der Waals surface area contributed by atoms with Crippen LogP contribution in [0.15, 0.2) is 36.5 Å². The highest BCUT2D eigenvalue weighted by molar-refractivity contribution is 5.75. The van der Waals surface area contributed by atoms with Crippen molar-refractivity contribution >= 4 is 5.97 Å². The summed E-state index contributed by atoms with van der Waals surface area (Å²) in [7, 11) is 1.33. The predicted octanol–water partition coefficient (Wildman–Crippen LogP) is 3.56. The van der Waals surface area contributed by atoms with Gasteiger partial charge < -0.3 is 15.2 Å². The van der Waals surface area contributed by atoms with Gasteiger partial charge in [-0.25, -0.2) is 0 Å². The quantitative estimate of drug-likeness (QED) is 0.849. The number of aryl methyl sites for hydroxylation is 1. The fraction of sp³-hybridized carbons (Fsp3) is 0.368. The summed E-state index contributed by atoms with van der Waals surface area (Å²) in [4.78, 5) is 15.5. The summed E-state index contributed by atoms with van der Waals surface area (Å²) in [5.74, 6) is 1.10. The Labute approximate surface area is 143 Å². The first-order chi connectivity index (χ1) is 11.5. The van der Waals surface area contributed by atoms with Crippen LogP contribution in [-0.4, -0.2) is 24.1 Å². The van der Waals surface area contributed by atoms with E-state index in [0.717, 1.165) is 28.3 Å². The number of hydrogen-bond acceptors (Lipinski definition) is 5. The van der Waals surface area contributed by atoms with E-state index in [-0.39, 0.29) is 0 Å². The van der Waals surface area contributed by atoms with Gasteiger partial charge in [-0.1, -0.05) is 26.0 Å². The van der Waals surface area contributed by atoms with E-state index in [1.54, 1.807) is 6.20 Å². The molecule has 130 valence electrons. The summed E-state index contributed by atoms with van der Waals surface area (Å²) < 4.78 is 10.5. The number of pyridine rings is 1. The Balaban J connectivity index is 0.00000139. The van der Waals surface area contributed by atoms with Crippen LogP contribution in [0.1, 0.15) is 30.7 Å². The molecule has 0 fully saturated rings. The maximum absolute atomic E-state index is 11.3. The van der Waals surface area contributed by atoms with Crippen LogP contribution in [0.25, 0.3) is 0 Å². The van der Waals surface area contributed by atoms with Crippen LogP contribution in [0.5, 0.6) is 11.5 Å². The van der Waals surface area contributed by atoms with Crippen LogP contribution < -0.4 is 10.5 Å². The van der Waals surface area contributed by atoms with Crippen molar-refractivity contribution in [3.05, 3.63) is 53.3 Å². The molecule has 1 atom stereocenters. The number of hydrogen-bond donors (Lipinski definition) is 1. The normalized spacial score (nSPS) is 11.1. The van der Waals surface area contributed by atoms with Gasteiger partial charge in [0, 0.05) is 17.5 Å². The zero-order valence-electron chi connectivity index (χ0n) is 15.0. The van der Waals surface area contributed by atoms with Gasteiger partial charge in [-0.3, -0.25) is 9.78 Å². The van der Waals surface area contributed by atoms with E-state index in [4.69, 9.17) is 10.5 Å². The Bertz CT molecular complexity index is 654. The maximum atomic E-state index is 11.3. The van der Waals surface area contributed by atoms with E-state index in [1.165, 1.54) is 7.11 Å². The second-order valence-corrected chi connectivity index (χ2v) is 5.10. The van der Waals surface area contributed by atoms with E-state index in [1.807, 2.05) is 58.0 Å². The minimum atomic E-state index is -0.651. The van der Waals surface area contributed by atoms with Gasteiger partial charge in [0.15, 0.2) is 0 Å². The monoisotopic (exact) mass is 330 g/mol. The zero-order chi connectivity index (χ0) is 18.1. The highest BCUT2D eigenvalue weighted by atomic mass is 16.5. The smallest absolute Gasteiger partial charge is 0.322 e. The average Bonchev–Trinajstić information content (AvgIpc) is 2.61. The number of esters is 1. The summed E-state index contributed by atoms with van der Waals surface area (Å²) in [6, 6.07) is 8.68. The zero-order valence-corrected chi connectivity index (χ0v) is 15.0. The molecule has 1 aromatic heterocycles. The Morgan fingerprint density at radius 3 is 2.38 bits per heavy atom. The number of benzene rings is 1. The number of aromatic nitrogens is 1. The lowest BCUT2D eigenvalue weighted by molar-refractivity contribution is -0.142. The Morgan fingerprint density at radius 1 is 1.17 bits per heavy atom. The van der Waals surface area contributed by atoms with Gasteiger partial charge >= 0.3 is 5.97 Å². The fourth-order valence-electron chi connectivity index (χ4n) is 2.04. The Kier molecular flexibility index (Phi) is 7.92. The van der Waals surface area contributed by atoms with Crippen LogP contribution in [0, 0.1) is 13.8 Å². The number of carbonyl (C=O) groups excluding carboxylic acids is 1. The molecule has 0 aliphatic rings. The first-order valence-corrected chi connectivity index (χ1v) is 8.03. The second-order valence-electron chi connectivity index (χ2n) is 5.10. The number of methoxy groups -OCH3 is 1. The van der Waals surface area contributed by atoms with Gasteiger partial charge in [-0.05, 0) is 44.0 Å². The van der Waals surface area contributed by atoms with Crippen molar-refractivity contribution in [1.82, 2.24) is 4.98 Å². The van der Waals surface area contributed by atoms with Crippen molar-refractivity contribution in [2.24, 2.45) is 5.73 Å². The fourth-order valence-corrected chi connectivity index (χ4v) is 2.04. The van der Waals surface area contributed by atoms with Crippen molar-refractivity contribution in [1.29, 1.82) is 0 Å². The lowest BCUT2D eigenvalue weighted by atomic mass is 10.1. The van der Waals surface area contributed by atoms with E-state index in [0.29, 0.717) is 6.42 Å². The number of nitrogens with two attached hydrogens (primary N) is 1. The standard InChI is InChI=1S/C17H20N2O3.C2H6/c1-11-12(2)19-9-8-16(11)22-14-6-4-13(5-7-14)10-15(18)17(20)21-3;1-2/h4-9,15H,10,18H2,1-3H3;1-2H3/t15-;/m0./s1. The van der Waals surface area contributed by atoms with Gasteiger partial charge in [0.2, 0.25) is 0 Å². The topological polar surface area (TPSA) is 74.4 Å². The molecule has 1 heterocycles. The highest BCUT2D eigenvalue weighted by Gasteiger charge is 2.14. The number of nitrogens with zero attached hydrogens (tertiary/aromatic N) is 1. The summed E-state index contributed by atoms with van der Waals surface area (Å²) in [6.07, 6.45) is 2.15. The SMILES string of the molecule is CC.COC(=O)[C@@H](N)Cc1ccc(Oc2ccnc(C)c2C)cc1. The molecule has 0 spiro atoms. The third-order valence-corrected chi connectivity index (χ3v) is 3.52. The lowest BCUT2D eigenvalue weighted by Crippen LogP contribution is -2.33. The summed E-state index contributed by atoms with van der Waals surface area (Å²) in [6.45, 7) is 7.92. The van der Waals surface area contributed by atoms with Crippen molar-refractivity contribution in [3.63, 3.8) is 0 Å². The molecule has 0 bridgehead atoms. The molecule has 0 saturated heterocycles. The number of rotatable bonds is 5. The van der Waals surface area contributed by atoms with E-state index in [9.17, 15) is 4.79 Å². The van der Waals surface area contributed by atoms with Crippen LogP contribution in [0.2, 0.25) is 0 Å². The van der Waals surface area contributed by atoms with Crippen LogP contribution >= 0.6 is 0 Å². The average molecular weight is 330 g/mol. The molecule has 0 aliphatic carbocycles. The minimum absolute atomic E-state index is 0.414. The van der Waals surface area contributed by atoms with Gasteiger partial charge in [-0.15, -0.1) is 0 Å². The third-order valence-electron chi connectivity index (χ3n) is 3.52. The molecule has 0 radical (unpaired) electrons. The van der Waals surface area contributed by atoms with Crippen LogP contribution in [0.3, 0.4) is 0 Å². The molecule has 0 amide bonds. The molecular weight excluding hydrogens is 304 g/mol. The van der Waals surface area contributed by atoms with Crippen molar-refractivity contribution in [2.75, 3.05) is 7.11 Å². The lowest BCUT2D eigenvalue weighted by Gasteiger charge is -2.12. The van der Waals surface area contributed by atoms with Crippen LogP contribution in [0.4, 0.5) is 0 Å².